The van der Waals surface area contributed by atoms with Crippen molar-refractivity contribution >= 4 is 6.03 Å². The van der Waals surface area contributed by atoms with Gasteiger partial charge in [0.15, 0.2) is 0 Å². The molecule has 0 bridgehead atoms. The standard InChI is InChI=1S/C15H23N3O/c1-15(2)11-16-13(12-8-6-5-7-9-12)10-18(15)14(19)17(3)4/h5-9,13,16H,10-11H2,1-4H3. The van der Waals surface area contributed by atoms with E-state index in [4.69, 9.17) is 0 Å². The summed E-state index contributed by atoms with van der Waals surface area (Å²) in [5.41, 5.74) is 1.07. The van der Waals surface area contributed by atoms with Gasteiger partial charge in [-0.1, -0.05) is 30.3 Å². The molecular formula is C15H23N3O. The highest BCUT2D eigenvalue weighted by molar-refractivity contribution is 5.75. The van der Waals surface area contributed by atoms with E-state index in [0.717, 1.165) is 6.54 Å². The van der Waals surface area contributed by atoms with Crippen LogP contribution in [0.25, 0.3) is 0 Å². The summed E-state index contributed by atoms with van der Waals surface area (Å²) in [5, 5.41) is 3.54. The van der Waals surface area contributed by atoms with Gasteiger partial charge >= 0.3 is 6.03 Å². The number of rotatable bonds is 1. The third-order valence-electron chi connectivity index (χ3n) is 3.69. The van der Waals surface area contributed by atoms with Crippen molar-refractivity contribution in [3.05, 3.63) is 35.9 Å². The van der Waals surface area contributed by atoms with E-state index in [0.29, 0.717) is 6.54 Å². The van der Waals surface area contributed by atoms with Gasteiger partial charge in [0.2, 0.25) is 0 Å². The van der Waals surface area contributed by atoms with Crippen LogP contribution in [-0.4, -0.2) is 48.6 Å². The SMILES string of the molecule is CN(C)C(=O)N1CC(c2ccccc2)NCC1(C)C. The normalized spacial score (nSPS) is 22.1. The van der Waals surface area contributed by atoms with Crippen LogP contribution >= 0.6 is 0 Å². The van der Waals surface area contributed by atoms with Crippen molar-refractivity contribution in [2.45, 2.75) is 25.4 Å². The van der Waals surface area contributed by atoms with Crippen LogP contribution in [0.15, 0.2) is 30.3 Å². The minimum absolute atomic E-state index is 0.0763. The minimum Gasteiger partial charge on any atom is -0.331 e. The topological polar surface area (TPSA) is 35.6 Å². The van der Waals surface area contributed by atoms with E-state index in [-0.39, 0.29) is 17.6 Å². The lowest BCUT2D eigenvalue weighted by Gasteiger charge is -2.47. The molecule has 1 aliphatic rings. The fourth-order valence-electron chi connectivity index (χ4n) is 2.45. The van der Waals surface area contributed by atoms with Crippen LogP contribution in [0.4, 0.5) is 4.79 Å². The van der Waals surface area contributed by atoms with Crippen molar-refractivity contribution in [2.75, 3.05) is 27.2 Å². The van der Waals surface area contributed by atoms with E-state index >= 15 is 0 Å². The summed E-state index contributed by atoms with van der Waals surface area (Å²) < 4.78 is 0. The summed E-state index contributed by atoms with van der Waals surface area (Å²) in [5.74, 6) is 0. The number of urea groups is 1. The molecule has 0 aliphatic carbocycles. The van der Waals surface area contributed by atoms with Gasteiger partial charge in [0.1, 0.15) is 0 Å². The van der Waals surface area contributed by atoms with Gasteiger partial charge in [0, 0.05) is 27.2 Å². The zero-order valence-electron chi connectivity index (χ0n) is 12.2. The zero-order valence-corrected chi connectivity index (χ0v) is 12.2. The highest BCUT2D eigenvalue weighted by Gasteiger charge is 2.38. The van der Waals surface area contributed by atoms with Gasteiger partial charge in [-0.25, -0.2) is 4.79 Å². The quantitative estimate of drug-likeness (QED) is 0.840. The molecular weight excluding hydrogens is 238 g/mol. The molecule has 1 aromatic rings. The van der Waals surface area contributed by atoms with Crippen LogP contribution in [0, 0.1) is 0 Å². The first-order valence-electron chi connectivity index (χ1n) is 6.69. The van der Waals surface area contributed by atoms with Crippen LogP contribution in [0.1, 0.15) is 25.5 Å². The van der Waals surface area contributed by atoms with Crippen molar-refractivity contribution in [1.82, 2.24) is 15.1 Å². The lowest BCUT2D eigenvalue weighted by molar-refractivity contribution is 0.0772. The number of hydrogen-bond acceptors (Lipinski definition) is 2. The van der Waals surface area contributed by atoms with Crippen LogP contribution < -0.4 is 5.32 Å². The second-order valence-corrected chi connectivity index (χ2v) is 5.94. The predicted octanol–water partition coefficient (Wildman–Crippen LogP) is 2.09. The highest BCUT2D eigenvalue weighted by atomic mass is 16.2. The molecule has 1 aromatic carbocycles. The Bertz CT molecular complexity index is 442. The Morgan fingerprint density at radius 2 is 1.95 bits per heavy atom. The largest absolute Gasteiger partial charge is 0.331 e. The molecule has 1 fully saturated rings. The summed E-state index contributed by atoms with van der Waals surface area (Å²) >= 11 is 0. The molecule has 2 amide bonds. The summed E-state index contributed by atoms with van der Waals surface area (Å²) in [6.45, 7) is 5.70. The third-order valence-corrected chi connectivity index (χ3v) is 3.69. The maximum atomic E-state index is 12.3. The molecule has 0 spiro atoms. The second-order valence-electron chi connectivity index (χ2n) is 5.94. The lowest BCUT2D eigenvalue weighted by Crippen LogP contribution is -2.62. The molecule has 104 valence electrons. The Balaban J connectivity index is 2.19. The number of nitrogens with one attached hydrogen (secondary N) is 1. The Labute approximate surface area is 115 Å². The summed E-state index contributed by atoms with van der Waals surface area (Å²) in [6, 6.07) is 10.6. The van der Waals surface area contributed by atoms with Crippen LogP contribution in [0.5, 0.6) is 0 Å². The van der Waals surface area contributed by atoms with Gasteiger partial charge in [-0.3, -0.25) is 0 Å². The van der Waals surface area contributed by atoms with E-state index < -0.39 is 0 Å². The molecule has 1 unspecified atom stereocenters. The number of carbonyl (C=O) groups excluding carboxylic acids is 1. The fraction of sp³-hybridized carbons (Fsp3) is 0.533. The first kappa shape index (κ1) is 13.9. The number of nitrogens with zero attached hydrogens (tertiary/aromatic N) is 2. The number of carbonyl (C=O) groups is 1. The monoisotopic (exact) mass is 261 g/mol. The van der Waals surface area contributed by atoms with E-state index in [1.165, 1.54) is 5.56 Å². The molecule has 0 saturated carbocycles. The van der Waals surface area contributed by atoms with E-state index in [1.807, 2.05) is 23.1 Å². The van der Waals surface area contributed by atoms with Gasteiger partial charge in [-0.15, -0.1) is 0 Å². The van der Waals surface area contributed by atoms with Crippen LogP contribution in [0.3, 0.4) is 0 Å². The third kappa shape index (κ3) is 2.89. The molecule has 1 saturated heterocycles. The van der Waals surface area contributed by atoms with Crippen molar-refractivity contribution < 1.29 is 4.79 Å². The molecule has 1 atom stereocenters. The number of piperazine rings is 1. The summed E-state index contributed by atoms with van der Waals surface area (Å²) in [4.78, 5) is 15.9. The maximum absolute atomic E-state index is 12.3. The predicted molar refractivity (Wildman–Crippen MR) is 77.1 cm³/mol. The van der Waals surface area contributed by atoms with Gasteiger partial charge in [0.05, 0.1) is 11.6 Å². The lowest BCUT2D eigenvalue weighted by atomic mass is 9.95. The van der Waals surface area contributed by atoms with Crippen molar-refractivity contribution in [1.29, 1.82) is 0 Å². The van der Waals surface area contributed by atoms with E-state index in [2.05, 4.69) is 31.3 Å². The average Bonchev–Trinajstić information content (AvgIpc) is 2.38. The van der Waals surface area contributed by atoms with Gasteiger partial charge < -0.3 is 15.1 Å². The van der Waals surface area contributed by atoms with E-state index in [9.17, 15) is 4.79 Å². The van der Waals surface area contributed by atoms with Gasteiger partial charge in [-0.2, -0.15) is 0 Å². The maximum Gasteiger partial charge on any atom is 0.320 e. The summed E-state index contributed by atoms with van der Waals surface area (Å²) in [6.07, 6.45) is 0. The van der Waals surface area contributed by atoms with Crippen molar-refractivity contribution in [3.63, 3.8) is 0 Å². The first-order valence-corrected chi connectivity index (χ1v) is 6.69. The molecule has 4 heteroatoms. The Morgan fingerprint density at radius 3 is 2.53 bits per heavy atom. The Morgan fingerprint density at radius 1 is 1.32 bits per heavy atom. The minimum atomic E-state index is -0.160. The molecule has 2 rings (SSSR count). The Kier molecular flexibility index (Phi) is 3.80. The molecule has 1 aliphatic heterocycles. The molecule has 0 radical (unpaired) electrons. The van der Waals surface area contributed by atoms with Gasteiger partial charge in [-0.05, 0) is 19.4 Å². The average molecular weight is 261 g/mol. The summed E-state index contributed by atoms with van der Waals surface area (Å²) in [7, 11) is 3.61. The zero-order chi connectivity index (χ0) is 14.0. The van der Waals surface area contributed by atoms with Crippen LogP contribution in [-0.2, 0) is 0 Å². The molecule has 1 N–H and O–H groups in total. The smallest absolute Gasteiger partial charge is 0.320 e. The molecule has 4 nitrogen and oxygen atoms in total. The number of benzene rings is 1. The van der Waals surface area contributed by atoms with E-state index in [1.54, 1.807) is 19.0 Å². The first-order chi connectivity index (χ1) is 8.92. The number of amides is 2. The van der Waals surface area contributed by atoms with Crippen LogP contribution in [0.2, 0.25) is 0 Å². The fourth-order valence-corrected chi connectivity index (χ4v) is 2.45. The molecule has 19 heavy (non-hydrogen) atoms. The highest BCUT2D eigenvalue weighted by Crippen LogP contribution is 2.26. The Hall–Kier alpha value is -1.55. The van der Waals surface area contributed by atoms with Crippen molar-refractivity contribution in [3.8, 4) is 0 Å². The molecule has 1 heterocycles. The second kappa shape index (κ2) is 5.21. The molecule has 0 aromatic heterocycles. The van der Waals surface area contributed by atoms with Crippen molar-refractivity contribution in [2.24, 2.45) is 0 Å². The number of hydrogen-bond donors (Lipinski definition) is 1. The van der Waals surface area contributed by atoms with Gasteiger partial charge in [0.25, 0.3) is 0 Å².